The zero-order chi connectivity index (χ0) is 20.9. The van der Waals surface area contributed by atoms with E-state index >= 15 is 0 Å². The van der Waals surface area contributed by atoms with Crippen LogP contribution < -0.4 is 5.56 Å². The Labute approximate surface area is 170 Å². The minimum absolute atomic E-state index is 0.0967. The number of carbonyl (C=O) groups excluding carboxylic acids is 1. The SMILES string of the molecule is CC(=O)n1c(C)nc2cc3nc4c5ccc(C)c6c(C)ccc(c(=O)n4c3cc21)c65. The summed E-state index contributed by atoms with van der Waals surface area (Å²) >= 11 is 0. The van der Waals surface area contributed by atoms with E-state index in [0.717, 1.165) is 27.3 Å². The fraction of sp³-hybridized carbons (Fsp3) is 0.167. The summed E-state index contributed by atoms with van der Waals surface area (Å²) < 4.78 is 3.24. The molecule has 6 rings (SSSR count). The smallest absolute Gasteiger partial charge is 0.264 e. The number of carbonyl (C=O) groups is 1. The predicted octanol–water partition coefficient (Wildman–Crippen LogP) is 4.53. The van der Waals surface area contributed by atoms with Crippen molar-refractivity contribution in [3.05, 3.63) is 63.7 Å². The normalized spacial score (nSPS) is 12.3. The molecule has 6 heteroatoms. The zero-order valence-corrected chi connectivity index (χ0v) is 17.1. The van der Waals surface area contributed by atoms with E-state index in [2.05, 4.69) is 24.9 Å². The number of rotatable bonds is 0. The topological polar surface area (TPSA) is 69.3 Å². The van der Waals surface area contributed by atoms with Gasteiger partial charge < -0.3 is 0 Å². The van der Waals surface area contributed by atoms with Gasteiger partial charge in [-0.05, 0) is 55.5 Å². The third kappa shape index (κ3) is 1.93. The fourth-order valence-electron chi connectivity index (χ4n) is 4.91. The molecule has 3 aromatic heterocycles. The largest absolute Gasteiger partial charge is 0.274 e. The van der Waals surface area contributed by atoms with E-state index in [1.807, 2.05) is 30.3 Å². The van der Waals surface area contributed by atoms with Crippen molar-refractivity contribution in [3.8, 4) is 0 Å². The average molecular weight is 394 g/mol. The first kappa shape index (κ1) is 17.1. The summed E-state index contributed by atoms with van der Waals surface area (Å²) in [6, 6.07) is 11.7. The van der Waals surface area contributed by atoms with Crippen LogP contribution in [-0.4, -0.2) is 24.8 Å². The summed E-state index contributed by atoms with van der Waals surface area (Å²) in [5.74, 6) is 0.511. The van der Waals surface area contributed by atoms with Crippen LogP contribution >= 0.6 is 0 Å². The van der Waals surface area contributed by atoms with Crippen LogP contribution in [0.2, 0.25) is 0 Å². The number of hydrogen-bond acceptors (Lipinski definition) is 4. The Hall–Kier alpha value is -3.80. The van der Waals surface area contributed by atoms with E-state index < -0.39 is 0 Å². The summed E-state index contributed by atoms with van der Waals surface area (Å²) in [5.41, 5.74) is 5.59. The number of aromatic nitrogens is 4. The van der Waals surface area contributed by atoms with Gasteiger partial charge in [-0.3, -0.25) is 18.6 Å². The maximum Gasteiger partial charge on any atom is 0.264 e. The number of benzene rings is 3. The summed E-state index contributed by atoms with van der Waals surface area (Å²) in [7, 11) is 0. The summed E-state index contributed by atoms with van der Waals surface area (Å²) in [6.07, 6.45) is 0. The van der Waals surface area contributed by atoms with E-state index in [1.165, 1.54) is 6.92 Å². The van der Waals surface area contributed by atoms with Crippen molar-refractivity contribution < 1.29 is 4.79 Å². The maximum atomic E-state index is 13.6. The highest BCUT2D eigenvalue weighted by atomic mass is 16.2. The Kier molecular flexibility index (Phi) is 3.09. The van der Waals surface area contributed by atoms with Gasteiger partial charge in [0.1, 0.15) is 11.5 Å². The lowest BCUT2D eigenvalue weighted by Gasteiger charge is -2.11. The second-order valence-corrected chi connectivity index (χ2v) is 8.03. The second kappa shape index (κ2) is 5.42. The van der Waals surface area contributed by atoms with Crippen LogP contribution in [0.25, 0.3) is 49.3 Å². The van der Waals surface area contributed by atoms with Gasteiger partial charge in [-0.2, -0.15) is 0 Å². The number of aryl methyl sites for hydroxylation is 3. The molecule has 0 saturated carbocycles. The standard InChI is InChI=1S/C24H18N4O2/c1-11-5-7-15-22-16(8-6-12(2)21(11)22)24(30)28-20-10-19-17(9-18(20)26-23(15)28)25-13(3)27(19)14(4)29/h5-10H,1-4H3. The molecule has 0 spiro atoms. The zero-order valence-electron chi connectivity index (χ0n) is 17.1. The molecule has 3 heterocycles. The highest BCUT2D eigenvalue weighted by Crippen LogP contribution is 2.34. The highest BCUT2D eigenvalue weighted by Gasteiger charge is 2.20. The van der Waals surface area contributed by atoms with Crippen molar-refractivity contribution in [3.63, 3.8) is 0 Å². The Morgan fingerprint density at radius 3 is 2.20 bits per heavy atom. The number of imidazole rings is 2. The van der Waals surface area contributed by atoms with Crippen LogP contribution in [0, 0.1) is 20.8 Å². The summed E-state index contributed by atoms with van der Waals surface area (Å²) in [4.78, 5) is 35.1. The molecule has 0 amide bonds. The van der Waals surface area contributed by atoms with Gasteiger partial charge in [0.05, 0.1) is 22.1 Å². The van der Waals surface area contributed by atoms with Crippen molar-refractivity contribution in [1.29, 1.82) is 0 Å². The van der Waals surface area contributed by atoms with Crippen molar-refractivity contribution in [1.82, 2.24) is 18.9 Å². The van der Waals surface area contributed by atoms with Crippen LogP contribution in [0.15, 0.2) is 41.2 Å². The minimum atomic E-state index is -0.111. The first-order chi connectivity index (χ1) is 14.4. The first-order valence-corrected chi connectivity index (χ1v) is 9.87. The molecule has 6 nitrogen and oxygen atoms in total. The summed E-state index contributed by atoms with van der Waals surface area (Å²) in [5, 5.41) is 3.71. The lowest BCUT2D eigenvalue weighted by molar-refractivity contribution is 0.0939. The van der Waals surface area contributed by atoms with Crippen molar-refractivity contribution in [2.24, 2.45) is 0 Å². The molecule has 0 fully saturated rings. The molecule has 0 N–H and O–H groups in total. The second-order valence-electron chi connectivity index (χ2n) is 8.03. The van der Waals surface area contributed by atoms with E-state index in [1.54, 1.807) is 15.9 Å². The van der Waals surface area contributed by atoms with Gasteiger partial charge in [-0.15, -0.1) is 0 Å². The van der Waals surface area contributed by atoms with Gasteiger partial charge in [0.25, 0.3) is 5.56 Å². The van der Waals surface area contributed by atoms with E-state index in [9.17, 15) is 9.59 Å². The van der Waals surface area contributed by atoms with Crippen LogP contribution in [0.3, 0.4) is 0 Å². The molecule has 0 unspecified atom stereocenters. The molecule has 3 aromatic carbocycles. The van der Waals surface area contributed by atoms with Gasteiger partial charge in [0, 0.05) is 23.1 Å². The molecule has 0 bridgehead atoms. The Morgan fingerprint density at radius 2 is 1.50 bits per heavy atom. The van der Waals surface area contributed by atoms with E-state index in [-0.39, 0.29) is 11.5 Å². The molecule has 0 radical (unpaired) electrons. The third-order valence-corrected chi connectivity index (χ3v) is 6.16. The Balaban J connectivity index is 1.90. The molecule has 146 valence electrons. The molecule has 0 aliphatic heterocycles. The van der Waals surface area contributed by atoms with Gasteiger partial charge in [0.15, 0.2) is 0 Å². The van der Waals surface area contributed by atoms with Gasteiger partial charge >= 0.3 is 0 Å². The predicted molar refractivity (Wildman–Crippen MR) is 119 cm³/mol. The molecule has 0 saturated heterocycles. The monoisotopic (exact) mass is 394 g/mol. The molecule has 0 atom stereocenters. The lowest BCUT2D eigenvalue weighted by Crippen LogP contribution is -2.13. The Morgan fingerprint density at radius 1 is 0.833 bits per heavy atom. The fourth-order valence-corrected chi connectivity index (χ4v) is 4.91. The molecule has 0 aliphatic carbocycles. The molecular formula is C24H18N4O2. The van der Waals surface area contributed by atoms with Gasteiger partial charge in [-0.25, -0.2) is 9.97 Å². The van der Waals surface area contributed by atoms with E-state index in [4.69, 9.17) is 4.98 Å². The van der Waals surface area contributed by atoms with Crippen molar-refractivity contribution >= 4 is 55.2 Å². The third-order valence-electron chi connectivity index (χ3n) is 6.16. The number of pyridine rings is 1. The van der Waals surface area contributed by atoms with Crippen LogP contribution in [-0.2, 0) is 0 Å². The minimum Gasteiger partial charge on any atom is -0.274 e. The molecule has 0 aliphatic rings. The van der Waals surface area contributed by atoms with Crippen LogP contribution in [0.4, 0.5) is 0 Å². The van der Waals surface area contributed by atoms with Crippen LogP contribution in [0.5, 0.6) is 0 Å². The quantitative estimate of drug-likeness (QED) is 0.380. The van der Waals surface area contributed by atoms with Gasteiger partial charge in [0.2, 0.25) is 5.91 Å². The van der Waals surface area contributed by atoms with Crippen molar-refractivity contribution in [2.45, 2.75) is 27.7 Å². The Bertz CT molecular complexity index is 1760. The average Bonchev–Trinajstić information content (AvgIpc) is 3.21. The molecular weight excluding hydrogens is 376 g/mol. The number of fused-ring (bicyclic) bond motifs is 5. The lowest BCUT2D eigenvalue weighted by atomic mass is 9.95. The van der Waals surface area contributed by atoms with Crippen molar-refractivity contribution in [2.75, 3.05) is 0 Å². The number of nitrogens with zero attached hydrogens (tertiary/aromatic N) is 4. The highest BCUT2D eigenvalue weighted by molar-refractivity contribution is 6.17. The molecule has 30 heavy (non-hydrogen) atoms. The maximum absolute atomic E-state index is 13.6. The molecule has 6 aromatic rings. The van der Waals surface area contributed by atoms with Crippen LogP contribution in [0.1, 0.15) is 28.7 Å². The first-order valence-electron chi connectivity index (χ1n) is 9.87. The van der Waals surface area contributed by atoms with E-state index in [0.29, 0.717) is 38.9 Å². The summed E-state index contributed by atoms with van der Waals surface area (Å²) in [6.45, 7) is 7.45. The number of hydrogen-bond donors (Lipinski definition) is 0. The van der Waals surface area contributed by atoms with Gasteiger partial charge in [-0.1, -0.05) is 18.2 Å².